The second kappa shape index (κ2) is 10.2. The van der Waals surface area contributed by atoms with Crippen LogP contribution in [0.5, 0.6) is 0 Å². The number of hydrogen-bond acceptors (Lipinski definition) is 2. The lowest BCUT2D eigenvalue weighted by atomic mass is 9.74. The van der Waals surface area contributed by atoms with Crippen LogP contribution in [-0.2, 0) is 18.4 Å². The zero-order chi connectivity index (χ0) is 27.0. The minimum atomic E-state index is -0.184. The molecule has 0 aliphatic carbocycles. The van der Waals surface area contributed by atoms with E-state index in [4.69, 9.17) is 4.42 Å². The maximum atomic E-state index is 6.30. The first-order chi connectivity index (χ1) is 19.0. The summed E-state index contributed by atoms with van der Waals surface area (Å²) >= 11 is 0. The van der Waals surface area contributed by atoms with Crippen molar-refractivity contribution in [2.24, 2.45) is 0 Å². The summed E-state index contributed by atoms with van der Waals surface area (Å²) in [4.78, 5) is 2.38. The molecule has 6 rings (SSSR count). The van der Waals surface area contributed by atoms with Crippen molar-refractivity contribution in [3.05, 3.63) is 125 Å². The van der Waals surface area contributed by atoms with Crippen LogP contribution in [0, 0.1) is 6.92 Å². The van der Waals surface area contributed by atoms with Crippen LogP contribution in [-0.4, -0.2) is 7.05 Å². The summed E-state index contributed by atoms with van der Waals surface area (Å²) in [5.74, 6) is 0.894. The van der Waals surface area contributed by atoms with Crippen molar-refractivity contribution in [3.8, 4) is 0 Å². The zero-order valence-electron chi connectivity index (χ0n) is 23.4. The number of nitrogens with zero attached hydrogens (tertiary/aromatic N) is 2. The molecule has 1 unspecified atom stereocenters. The van der Waals surface area contributed by atoms with Gasteiger partial charge in [0, 0.05) is 36.3 Å². The summed E-state index contributed by atoms with van der Waals surface area (Å²) in [7, 11) is 2.20. The van der Waals surface area contributed by atoms with E-state index in [1.807, 2.05) is 6.07 Å². The van der Waals surface area contributed by atoms with Crippen LogP contribution in [0.25, 0.3) is 27.9 Å². The highest BCUT2D eigenvalue weighted by Gasteiger charge is 2.43. The van der Waals surface area contributed by atoms with Crippen molar-refractivity contribution in [2.75, 3.05) is 11.9 Å². The number of anilines is 1. The first-order valence-electron chi connectivity index (χ1n) is 14.1. The molecule has 196 valence electrons. The van der Waals surface area contributed by atoms with Crippen LogP contribution >= 0.6 is 0 Å². The summed E-state index contributed by atoms with van der Waals surface area (Å²) in [5.41, 5.74) is 8.52. The van der Waals surface area contributed by atoms with E-state index >= 15 is 0 Å². The summed E-state index contributed by atoms with van der Waals surface area (Å²) in [6.07, 6.45) is 9.79. The second-order valence-electron chi connectivity index (χ2n) is 11.1. The molecule has 1 aliphatic rings. The Bertz CT molecular complexity index is 1710. The fraction of sp³-hybridized carbons (Fsp3) is 0.250. The molecule has 3 heteroatoms. The Morgan fingerprint density at radius 3 is 2.51 bits per heavy atom. The normalized spacial score (nSPS) is 18.2. The minimum absolute atomic E-state index is 0.184. The molecule has 39 heavy (non-hydrogen) atoms. The molecule has 1 aliphatic heterocycles. The van der Waals surface area contributed by atoms with Gasteiger partial charge >= 0.3 is 5.89 Å². The SMILES string of the molecule is CCCC[n+]1c(C=CC=C2N(C)c3ccc4ccccc4c3C2(C)Cc2ccc(C)cc2)oc2ccccc21. The predicted molar refractivity (Wildman–Crippen MR) is 163 cm³/mol. The molecule has 0 saturated heterocycles. The van der Waals surface area contributed by atoms with Crippen LogP contribution in [0.1, 0.15) is 49.3 Å². The standard InChI is InChI=1S/C36H37N2O/c1-5-6-24-38-30-14-9-10-15-32(30)39-34(38)17-11-16-33-36(3,25-27-20-18-26(2)19-21-27)35-29-13-8-7-12-28(29)22-23-31(35)37(33)4/h7-23H,5-6,24-25H2,1-4H3/q+1. The van der Waals surface area contributed by atoms with E-state index in [2.05, 4.69) is 134 Å². The highest BCUT2D eigenvalue weighted by atomic mass is 16.3. The van der Waals surface area contributed by atoms with Crippen LogP contribution in [0.3, 0.4) is 0 Å². The van der Waals surface area contributed by atoms with E-state index in [0.717, 1.165) is 42.8 Å². The van der Waals surface area contributed by atoms with Crippen molar-refractivity contribution in [1.82, 2.24) is 0 Å². The maximum Gasteiger partial charge on any atom is 0.374 e. The van der Waals surface area contributed by atoms with E-state index in [-0.39, 0.29) is 5.41 Å². The van der Waals surface area contributed by atoms with Gasteiger partial charge < -0.3 is 9.32 Å². The van der Waals surface area contributed by atoms with Gasteiger partial charge in [0.1, 0.15) is 0 Å². The molecule has 5 aromatic rings. The van der Waals surface area contributed by atoms with Crippen LogP contribution in [0.4, 0.5) is 5.69 Å². The summed E-state index contributed by atoms with van der Waals surface area (Å²) in [6.45, 7) is 7.74. The number of fused-ring (bicyclic) bond motifs is 4. The van der Waals surface area contributed by atoms with Gasteiger partial charge in [-0.1, -0.05) is 91.7 Å². The van der Waals surface area contributed by atoms with Gasteiger partial charge in [0.05, 0.1) is 6.08 Å². The predicted octanol–water partition coefficient (Wildman–Crippen LogP) is 8.53. The van der Waals surface area contributed by atoms with Gasteiger partial charge in [-0.15, -0.1) is 0 Å². The number of aromatic nitrogens is 1. The molecule has 0 radical (unpaired) electrons. The molecular weight excluding hydrogens is 476 g/mol. The molecule has 0 fully saturated rings. The molecule has 3 nitrogen and oxygen atoms in total. The van der Waals surface area contributed by atoms with Gasteiger partial charge in [0.2, 0.25) is 5.58 Å². The molecular formula is C36H37N2O+. The average molecular weight is 514 g/mol. The number of aryl methyl sites for hydroxylation is 2. The first kappa shape index (κ1) is 25.2. The third-order valence-electron chi connectivity index (χ3n) is 8.29. The van der Waals surface area contributed by atoms with Gasteiger partial charge in [0.25, 0.3) is 5.52 Å². The van der Waals surface area contributed by atoms with Crippen LogP contribution in [0.2, 0.25) is 0 Å². The number of oxazole rings is 1. The summed E-state index contributed by atoms with van der Waals surface area (Å²) in [5, 5.41) is 2.62. The quantitative estimate of drug-likeness (QED) is 0.203. The zero-order valence-corrected chi connectivity index (χ0v) is 23.4. The lowest BCUT2D eigenvalue weighted by Gasteiger charge is -2.29. The molecule has 2 heterocycles. The molecule has 4 aromatic carbocycles. The lowest BCUT2D eigenvalue weighted by molar-refractivity contribution is -0.678. The Labute approximate surface area is 231 Å². The number of likely N-dealkylation sites (N-methyl/N-ethyl adjacent to an activating group) is 1. The van der Waals surface area contributed by atoms with Crippen LogP contribution < -0.4 is 9.47 Å². The van der Waals surface area contributed by atoms with Gasteiger partial charge in [-0.25, -0.2) is 0 Å². The third kappa shape index (κ3) is 4.46. The highest BCUT2D eigenvalue weighted by Crippen LogP contribution is 2.51. The van der Waals surface area contributed by atoms with Crippen molar-refractivity contribution in [2.45, 2.75) is 52.0 Å². The smallest absolute Gasteiger partial charge is 0.374 e. The van der Waals surface area contributed by atoms with Gasteiger partial charge in [-0.05, 0) is 60.4 Å². The Morgan fingerprint density at radius 1 is 0.923 bits per heavy atom. The Balaban J connectivity index is 1.46. The van der Waals surface area contributed by atoms with E-state index in [0.29, 0.717) is 0 Å². The molecule has 0 amide bonds. The van der Waals surface area contributed by atoms with Crippen molar-refractivity contribution in [1.29, 1.82) is 0 Å². The van der Waals surface area contributed by atoms with Crippen molar-refractivity contribution >= 4 is 33.6 Å². The minimum Gasteiger partial charge on any atom is -0.398 e. The van der Waals surface area contributed by atoms with Crippen LogP contribution in [0.15, 0.2) is 107 Å². The number of rotatable bonds is 7. The van der Waals surface area contributed by atoms with E-state index in [1.54, 1.807) is 0 Å². The van der Waals surface area contributed by atoms with Gasteiger partial charge in [-0.2, -0.15) is 4.57 Å². The lowest BCUT2D eigenvalue weighted by Crippen LogP contribution is -2.35. The number of hydrogen-bond donors (Lipinski definition) is 0. The average Bonchev–Trinajstić information content (AvgIpc) is 3.41. The monoisotopic (exact) mass is 513 g/mol. The van der Waals surface area contributed by atoms with E-state index in [9.17, 15) is 0 Å². The Hall–Kier alpha value is -4.11. The molecule has 0 spiro atoms. The van der Waals surface area contributed by atoms with E-state index in [1.165, 1.54) is 38.8 Å². The molecule has 0 N–H and O–H groups in total. The first-order valence-corrected chi connectivity index (χ1v) is 14.1. The summed E-state index contributed by atoms with van der Waals surface area (Å²) < 4.78 is 8.60. The second-order valence-corrected chi connectivity index (χ2v) is 11.1. The largest absolute Gasteiger partial charge is 0.398 e. The van der Waals surface area contributed by atoms with Gasteiger partial charge in [-0.3, -0.25) is 0 Å². The fourth-order valence-corrected chi connectivity index (χ4v) is 6.28. The highest BCUT2D eigenvalue weighted by molar-refractivity contribution is 5.95. The Kier molecular flexibility index (Phi) is 6.60. The third-order valence-corrected chi connectivity index (χ3v) is 8.29. The maximum absolute atomic E-state index is 6.30. The number of unbranched alkanes of at least 4 members (excludes halogenated alkanes) is 1. The molecule has 0 bridgehead atoms. The fourth-order valence-electron chi connectivity index (χ4n) is 6.28. The van der Waals surface area contributed by atoms with E-state index < -0.39 is 0 Å². The number of allylic oxidation sites excluding steroid dienone is 3. The molecule has 0 saturated carbocycles. The summed E-state index contributed by atoms with van der Waals surface area (Å²) in [6, 6.07) is 30.7. The topological polar surface area (TPSA) is 20.3 Å². The van der Waals surface area contributed by atoms with Crippen molar-refractivity contribution < 1.29 is 8.98 Å². The van der Waals surface area contributed by atoms with Crippen molar-refractivity contribution in [3.63, 3.8) is 0 Å². The molecule has 1 aromatic heterocycles. The Morgan fingerprint density at radius 2 is 1.69 bits per heavy atom. The molecule has 1 atom stereocenters. The number of benzene rings is 4. The number of para-hydroxylation sites is 2. The van der Waals surface area contributed by atoms with Gasteiger partial charge in [0.15, 0.2) is 6.54 Å².